The van der Waals surface area contributed by atoms with Gasteiger partial charge in [0.15, 0.2) is 0 Å². The standard InChI is InChI=1S/C32H33F2N3O5S/c1-30-12-17-14-36-37(19-4-6-25(34)35-15-19)23(17)11-18(30)3-5-20-21-7-9-32(29(41)43-16-33,22-8-10-42-27(22)28(39)40)31(21,2)13-24(38)26(20)30/h4,6,8,10-11,14-15,20-21,24,26,38H,3,5,7,9,12-13,16H2,1-2H3,(H,39,40)/t20?,21-,24-,26+,30-,31-,32+/m0/s1. The molecule has 0 saturated heterocycles. The molecule has 0 spiro atoms. The number of carbonyl (C=O) groups excluding carboxylic acids is 1. The van der Waals surface area contributed by atoms with Crippen LogP contribution in [0.3, 0.4) is 0 Å². The van der Waals surface area contributed by atoms with Gasteiger partial charge in [0.05, 0.1) is 41.6 Å². The molecule has 11 heteroatoms. The topological polar surface area (TPSA) is 118 Å². The smallest absolute Gasteiger partial charge is 0.372 e. The molecule has 4 aliphatic carbocycles. The first-order valence-corrected chi connectivity index (χ1v) is 15.7. The van der Waals surface area contributed by atoms with Crippen molar-refractivity contribution in [1.29, 1.82) is 0 Å². The van der Waals surface area contributed by atoms with Crippen molar-refractivity contribution >= 4 is 28.9 Å². The molecule has 7 atom stereocenters. The van der Waals surface area contributed by atoms with Gasteiger partial charge < -0.3 is 14.6 Å². The Morgan fingerprint density at radius 2 is 2.02 bits per heavy atom. The highest BCUT2D eigenvalue weighted by molar-refractivity contribution is 8.13. The lowest BCUT2D eigenvalue weighted by atomic mass is 9.44. The third-order valence-electron chi connectivity index (χ3n) is 11.4. The van der Waals surface area contributed by atoms with Gasteiger partial charge in [0.1, 0.15) is 6.01 Å². The molecule has 43 heavy (non-hydrogen) atoms. The van der Waals surface area contributed by atoms with Crippen molar-refractivity contribution in [2.75, 3.05) is 6.01 Å². The minimum atomic E-state index is -1.29. The van der Waals surface area contributed by atoms with Gasteiger partial charge in [-0.3, -0.25) is 4.79 Å². The van der Waals surface area contributed by atoms with Crippen molar-refractivity contribution in [2.24, 2.45) is 28.6 Å². The number of carbonyl (C=O) groups is 2. The monoisotopic (exact) mass is 609 g/mol. The van der Waals surface area contributed by atoms with Crippen LogP contribution in [0.4, 0.5) is 8.78 Å². The molecule has 0 bridgehead atoms. The zero-order chi connectivity index (χ0) is 30.3. The molecular formula is C32H33F2N3O5S. The van der Waals surface area contributed by atoms with Gasteiger partial charge in [0.25, 0.3) is 0 Å². The number of carboxylic acid groups (broad SMARTS) is 1. The Labute approximate surface area is 251 Å². The minimum absolute atomic E-state index is 0.0226. The van der Waals surface area contributed by atoms with E-state index < -0.39 is 40.0 Å². The summed E-state index contributed by atoms with van der Waals surface area (Å²) in [6, 6.07) is 3.60. The molecule has 0 amide bonds. The van der Waals surface area contributed by atoms with E-state index in [0.717, 1.165) is 24.1 Å². The fourth-order valence-corrected chi connectivity index (χ4v) is 10.6. The first-order valence-electron chi connectivity index (χ1n) is 14.7. The maximum Gasteiger partial charge on any atom is 0.372 e. The number of aromatic carboxylic acids is 1. The summed E-state index contributed by atoms with van der Waals surface area (Å²) in [6.45, 7) is 4.21. The van der Waals surface area contributed by atoms with Crippen molar-refractivity contribution in [3.8, 4) is 5.69 Å². The number of aromatic nitrogens is 3. The molecule has 0 aromatic carbocycles. The lowest BCUT2D eigenvalue weighted by Crippen LogP contribution is -2.60. The average molecular weight is 610 g/mol. The Balaban J connectivity index is 1.28. The second-order valence-electron chi connectivity index (χ2n) is 13.0. The molecule has 2 N–H and O–H groups in total. The molecule has 1 unspecified atom stereocenters. The number of hydrogen-bond acceptors (Lipinski definition) is 7. The zero-order valence-electron chi connectivity index (χ0n) is 23.9. The molecule has 0 radical (unpaired) electrons. The van der Waals surface area contributed by atoms with Crippen LogP contribution in [0.15, 0.2) is 46.8 Å². The first-order chi connectivity index (χ1) is 20.5. The Hall–Kier alpha value is -3.31. The van der Waals surface area contributed by atoms with Gasteiger partial charge >= 0.3 is 5.97 Å². The van der Waals surface area contributed by atoms with E-state index in [-0.39, 0.29) is 40.9 Å². The largest absolute Gasteiger partial charge is 0.475 e. The van der Waals surface area contributed by atoms with Gasteiger partial charge in [-0.1, -0.05) is 31.2 Å². The van der Waals surface area contributed by atoms with E-state index in [9.17, 15) is 28.6 Å². The first kappa shape index (κ1) is 28.5. The fourth-order valence-electron chi connectivity index (χ4n) is 9.78. The molecular weight excluding hydrogens is 576 g/mol. The van der Waals surface area contributed by atoms with Crippen LogP contribution in [0.1, 0.15) is 73.3 Å². The van der Waals surface area contributed by atoms with Crippen molar-refractivity contribution in [3.05, 3.63) is 71.0 Å². The number of furan rings is 1. The Kier molecular flexibility index (Phi) is 6.52. The Morgan fingerprint density at radius 3 is 2.74 bits per heavy atom. The van der Waals surface area contributed by atoms with Crippen molar-refractivity contribution < 1.29 is 33.0 Å². The van der Waals surface area contributed by atoms with E-state index in [4.69, 9.17) is 4.42 Å². The van der Waals surface area contributed by atoms with E-state index >= 15 is 0 Å². The molecule has 3 saturated carbocycles. The van der Waals surface area contributed by atoms with Gasteiger partial charge in [-0.15, -0.1) is 0 Å². The lowest BCUT2D eigenvalue weighted by Gasteiger charge is -2.61. The summed E-state index contributed by atoms with van der Waals surface area (Å²) in [4.78, 5) is 29.8. The maximum atomic E-state index is 13.9. The highest BCUT2D eigenvalue weighted by atomic mass is 32.2. The summed E-state index contributed by atoms with van der Waals surface area (Å²) in [5.74, 6) is -2.10. The summed E-state index contributed by atoms with van der Waals surface area (Å²) in [5, 5.41) is 26.2. The number of allylic oxidation sites excluding steroid dienone is 1. The molecule has 8 nitrogen and oxygen atoms in total. The quantitative estimate of drug-likeness (QED) is 0.340. The fraction of sp³-hybridized carbons (Fsp3) is 0.500. The highest BCUT2D eigenvalue weighted by Crippen LogP contribution is 2.71. The molecule has 7 rings (SSSR count). The van der Waals surface area contributed by atoms with E-state index in [1.807, 2.05) is 13.1 Å². The average Bonchev–Trinajstić information content (AvgIpc) is 3.68. The number of aliphatic hydroxyl groups excluding tert-OH is 1. The molecule has 3 heterocycles. The van der Waals surface area contributed by atoms with Gasteiger partial charge in [0, 0.05) is 5.56 Å². The summed E-state index contributed by atoms with van der Waals surface area (Å²) < 4.78 is 34.3. The number of carboxylic acids is 1. The number of thioether (sulfide) groups is 1. The molecule has 4 aliphatic rings. The van der Waals surface area contributed by atoms with Crippen LogP contribution in [0.2, 0.25) is 0 Å². The van der Waals surface area contributed by atoms with Crippen LogP contribution in [-0.4, -0.2) is 48.2 Å². The summed E-state index contributed by atoms with van der Waals surface area (Å²) in [5.41, 5.74) is 1.73. The summed E-state index contributed by atoms with van der Waals surface area (Å²) >= 11 is 0.576. The molecule has 3 aromatic rings. The minimum Gasteiger partial charge on any atom is -0.475 e. The summed E-state index contributed by atoms with van der Waals surface area (Å²) in [6.07, 6.45) is 9.60. The normalized spacial score (nSPS) is 34.5. The second-order valence-corrected chi connectivity index (χ2v) is 13.9. The van der Waals surface area contributed by atoms with E-state index in [2.05, 4.69) is 23.1 Å². The second kappa shape index (κ2) is 9.85. The van der Waals surface area contributed by atoms with E-state index in [1.165, 1.54) is 24.1 Å². The molecule has 226 valence electrons. The highest BCUT2D eigenvalue weighted by Gasteiger charge is 2.70. The van der Waals surface area contributed by atoms with E-state index in [0.29, 0.717) is 36.7 Å². The zero-order valence-corrected chi connectivity index (χ0v) is 24.7. The van der Waals surface area contributed by atoms with Crippen LogP contribution in [0.25, 0.3) is 11.8 Å². The lowest BCUT2D eigenvalue weighted by molar-refractivity contribution is -0.141. The predicted octanol–water partition coefficient (Wildman–Crippen LogP) is 5.98. The Morgan fingerprint density at radius 1 is 1.21 bits per heavy atom. The van der Waals surface area contributed by atoms with Crippen LogP contribution >= 0.6 is 11.8 Å². The van der Waals surface area contributed by atoms with Crippen molar-refractivity contribution in [2.45, 2.75) is 63.9 Å². The number of rotatable bonds is 5. The number of pyridine rings is 1. The number of halogens is 2. The number of alkyl halides is 1. The predicted molar refractivity (Wildman–Crippen MR) is 155 cm³/mol. The van der Waals surface area contributed by atoms with Crippen molar-refractivity contribution in [1.82, 2.24) is 14.8 Å². The van der Waals surface area contributed by atoms with Crippen LogP contribution in [0.5, 0.6) is 0 Å². The summed E-state index contributed by atoms with van der Waals surface area (Å²) in [7, 11) is 0. The third-order valence-corrected chi connectivity index (χ3v) is 12.2. The van der Waals surface area contributed by atoms with Crippen LogP contribution in [-0.2, 0) is 16.6 Å². The Bertz CT molecular complexity index is 1650. The number of fused-ring (bicyclic) bond motifs is 6. The maximum absolute atomic E-state index is 13.9. The van der Waals surface area contributed by atoms with Gasteiger partial charge in [0.2, 0.25) is 16.8 Å². The third kappa shape index (κ3) is 3.82. The van der Waals surface area contributed by atoms with Crippen molar-refractivity contribution in [3.63, 3.8) is 0 Å². The molecule has 0 aliphatic heterocycles. The molecule has 3 fully saturated rings. The molecule has 3 aromatic heterocycles. The number of nitrogens with zero attached hydrogens (tertiary/aromatic N) is 3. The van der Waals surface area contributed by atoms with Crippen LogP contribution < -0.4 is 0 Å². The van der Waals surface area contributed by atoms with Gasteiger partial charge in [-0.25, -0.2) is 18.9 Å². The number of aliphatic hydroxyl groups is 1. The van der Waals surface area contributed by atoms with E-state index in [1.54, 1.807) is 16.8 Å². The van der Waals surface area contributed by atoms with Crippen LogP contribution in [0, 0.1) is 34.5 Å². The van der Waals surface area contributed by atoms with Gasteiger partial charge in [-0.2, -0.15) is 9.49 Å². The SMILES string of the molecule is C[C@]12Cc3cnn(-c4ccc(F)nc4)c3C=C1CCC1[C@@H]2[C@@H](O)C[C@@]2(C)[C@H]1CC[C@]2(C(=O)SCF)c1ccoc1C(=O)O. The number of hydrogen-bond donors (Lipinski definition) is 2. The van der Waals surface area contributed by atoms with Gasteiger partial charge in [-0.05, 0) is 96.9 Å².